The number of hydrogen-bond donors (Lipinski definition) is 2. The van der Waals surface area contributed by atoms with Gasteiger partial charge in [0, 0.05) is 12.7 Å². The van der Waals surface area contributed by atoms with Gasteiger partial charge in [-0.25, -0.2) is 0 Å². The average Bonchev–Trinajstić information content (AvgIpc) is 1.98. The van der Waals surface area contributed by atoms with E-state index in [4.69, 9.17) is 0 Å². The molecule has 1 aromatic rings. The smallest absolute Gasteiger partial charge is 0.152 e. The molecule has 0 aromatic carbocycles. The number of pyridine rings is 1. The van der Waals surface area contributed by atoms with Gasteiger partial charge in [0.15, 0.2) is 5.49 Å². The normalized spacial score (nSPS) is 11.7. The van der Waals surface area contributed by atoms with E-state index >= 15 is 0 Å². The van der Waals surface area contributed by atoms with Crippen LogP contribution in [0, 0.1) is 13.8 Å². The Morgan fingerprint density at radius 2 is 2.09 bits per heavy atom. The first-order valence-corrected chi connectivity index (χ1v) is 3.61. The molecule has 0 saturated heterocycles. The lowest BCUT2D eigenvalue weighted by Crippen LogP contribution is -2.16. The van der Waals surface area contributed by atoms with Crippen molar-refractivity contribution in [2.24, 2.45) is 5.10 Å². The van der Waals surface area contributed by atoms with Gasteiger partial charge in [-0.3, -0.25) is 0 Å². The Bertz CT molecular complexity index is 298. The van der Waals surface area contributed by atoms with Gasteiger partial charge in [0.05, 0.1) is 0 Å². The summed E-state index contributed by atoms with van der Waals surface area (Å²) in [7, 11) is 1.79. The summed E-state index contributed by atoms with van der Waals surface area (Å²) < 4.78 is 0. The van der Waals surface area contributed by atoms with E-state index in [2.05, 4.69) is 15.5 Å². The number of aromatic nitrogens is 1. The van der Waals surface area contributed by atoms with Gasteiger partial charge >= 0.3 is 0 Å². The van der Waals surface area contributed by atoms with Gasteiger partial charge in [-0.2, -0.15) is 5.10 Å². The molecule has 1 rings (SSSR count). The van der Waals surface area contributed by atoms with Crippen molar-refractivity contribution in [1.82, 2.24) is 10.4 Å². The van der Waals surface area contributed by atoms with E-state index in [1.165, 1.54) is 0 Å². The zero-order valence-corrected chi connectivity index (χ0v) is 7.10. The van der Waals surface area contributed by atoms with Gasteiger partial charge < -0.3 is 10.4 Å². The van der Waals surface area contributed by atoms with E-state index < -0.39 is 0 Å². The fourth-order valence-electron chi connectivity index (χ4n) is 0.884. The van der Waals surface area contributed by atoms with Crippen molar-refractivity contribution < 1.29 is 0 Å². The average molecular weight is 151 g/mol. The quantitative estimate of drug-likeness (QED) is 0.569. The van der Waals surface area contributed by atoms with Crippen LogP contribution in [0.3, 0.4) is 0 Å². The number of aryl methyl sites for hydroxylation is 2. The molecule has 1 heterocycles. The maximum absolute atomic E-state index is 4.06. The highest BCUT2D eigenvalue weighted by Gasteiger charge is 1.88. The predicted octanol–water partition coefficient (Wildman–Crippen LogP) is 0.667. The highest BCUT2D eigenvalue weighted by atomic mass is 15.3. The molecule has 1 aromatic heterocycles. The molecule has 3 nitrogen and oxygen atoms in total. The van der Waals surface area contributed by atoms with Crippen LogP contribution in [0.1, 0.15) is 11.3 Å². The van der Waals surface area contributed by atoms with E-state index in [0.29, 0.717) is 0 Å². The first kappa shape index (κ1) is 7.85. The summed E-state index contributed by atoms with van der Waals surface area (Å²) in [6.45, 7) is 4.03. The third-order valence-corrected chi connectivity index (χ3v) is 1.50. The minimum Gasteiger partial charge on any atom is -0.342 e. The van der Waals surface area contributed by atoms with Gasteiger partial charge in [-0.15, -0.1) is 0 Å². The van der Waals surface area contributed by atoms with Gasteiger partial charge in [0.2, 0.25) is 0 Å². The Labute approximate surface area is 66.2 Å². The van der Waals surface area contributed by atoms with Crippen LogP contribution in [-0.2, 0) is 0 Å². The minimum absolute atomic E-state index is 0.896. The molecule has 0 amide bonds. The van der Waals surface area contributed by atoms with Crippen LogP contribution in [-0.4, -0.2) is 12.0 Å². The fraction of sp³-hybridized carbons (Fsp3) is 0.375. The summed E-state index contributed by atoms with van der Waals surface area (Å²) in [5, 5.41) is 4.06. The molecule has 3 heteroatoms. The molecular formula is C8H13N3. The van der Waals surface area contributed by atoms with Crippen molar-refractivity contribution in [2.75, 3.05) is 7.05 Å². The van der Waals surface area contributed by atoms with Gasteiger partial charge in [0.25, 0.3) is 0 Å². The molecule has 0 bridgehead atoms. The van der Waals surface area contributed by atoms with Crippen LogP contribution in [0.25, 0.3) is 0 Å². The second-order valence-corrected chi connectivity index (χ2v) is 2.51. The lowest BCUT2D eigenvalue weighted by atomic mass is 10.3. The zero-order chi connectivity index (χ0) is 8.27. The molecule has 0 unspecified atom stereocenters. The Kier molecular flexibility index (Phi) is 2.31. The first-order valence-electron chi connectivity index (χ1n) is 3.61. The van der Waals surface area contributed by atoms with Crippen molar-refractivity contribution in [3.8, 4) is 0 Å². The largest absolute Gasteiger partial charge is 0.342 e. The topological polar surface area (TPSA) is 40.2 Å². The van der Waals surface area contributed by atoms with Crippen LogP contribution < -0.4 is 10.9 Å². The number of hydrogen-bond acceptors (Lipinski definition) is 2. The van der Waals surface area contributed by atoms with Crippen LogP contribution in [0.5, 0.6) is 0 Å². The van der Waals surface area contributed by atoms with Crippen LogP contribution in [0.2, 0.25) is 0 Å². The molecule has 0 saturated carbocycles. The van der Waals surface area contributed by atoms with E-state index in [1.54, 1.807) is 7.05 Å². The van der Waals surface area contributed by atoms with Crippen LogP contribution >= 0.6 is 0 Å². The Morgan fingerprint density at radius 3 is 2.73 bits per heavy atom. The summed E-state index contributed by atoms with van der Waals surface area (Å²) in [6, 6.07) is 4.08. The number of nitrogens with one attached hydrogen (secondary N) is 2. The van der Waals surface area contributed by atoms with Gasteiger partial charge in [-0.05, 0) is 25.5 Å². The fourth-order valence-corrected chi connectivity index (χ4v) is 0.884. The minimum atomic E-state index is 0.896. The molecule has 60 valence electrons. The highest BCUT2D eigenvalue weighted by Crippen LogP contribution is 1.89. The zero-order valence-electron chi connectivity index (χ0n) is 7.10. The third-order valence-electron chi connectivity index (χ3n) is 1.50. The maximum atomic E-state index is 4.06. The third kappa shape index (κ3) is 1.83. The summed E-state index contributed by atoms with van der Waals surface area (Å²) in [4.78, 5) is 3.15. The van der Waals surface area contributed by atoms with E-state index in [-0.39, 0.29) is 0 Å². The lowest BCUT2D eigenvalue weighted by Gasteiger charge is -1.96. The standard InChI is InChI=1S/C8H13N3/c1-6-4-5-7(2)10-8(6)11-9-3/h4-5,9H,1-3H3,(H,10,11). The number of aromatic amines is 1. The molecular weight excluding hydrogens is 138 g/mol. The Balaban J connectivity index is 3.24. The highest BCUT2D eigenvalue weighted by molar-refractivity contribution is 5.10. The lowest BCUT2D eigenvalue weighted by molar-refractivity contribution is 0.824. The summed E-state index contributed by atoms with van der Waals surface area (Å²) in [5.74, 6) is 0. The number of rotatable bonds is 1. The molecule has 0 aliphatic heterocycles. The SMILES string of the molecule is CN/N=c1/[nH]c(C)ccc1C. The summed E-state index contributed by atoms with van der Waals surface area (Å²) in [6.07, 6.45) is 0. The van der Waals surface area contributed by atoms with Gasteiger partial charge in [-0.1, -0.05) is 6.07 Å². The monoisotopic (exact) mass is 151 g/mol. The Hall–Kier alpha value is -1.25. The van der Waals surface area contributed by atoms with Gasteiger partial charge in [0.1, 0.15) is 0 Å². The van der Waals surface area contributed by atoms with E-state index in [1.807, 2.05) is 26.0 Å². The van der Waals surface area contributed by atoms with Crippen LogP contribution in [0.4, 0.5) is 0 Å². The maximum Gasteiger partial charge on any atom is 0.152 e. The van der Waals surface area contributed by atoms with Crippen LogP contribution in [0.15, 0.2) is 17.2 Å². The molecule has 0 fully saturated rings. The summed E-state index contributed by atoms with van der Waals surface area (Å²) >= 11 is 0. The second kappa shape index (κ2) is 3.23. The molecule has 11 heavy (non-hydrogen) atoms. The number of nitrogens with zero attached hydrogens (tertiary/aromatic N) is 1. The second-order valence-electron chi connectivity index (χ2n) is 2.51. The molecule has 0 radical (unpaired) electrons. The van der Waals surface area contributed by atoms with Crippen molar-refractivity contribution >= 4 is 0 Å². The molecule has 0 aliphatic carbocycles. The first-order chi connectivity index (χ1) is 5.24. The molecule has 0 atom stereocenters. The molecule has 0 aliphatic rings. The van der Waals surface area contributed by atoms with Crippen molar-refractivity contribution in [3.63, 3.8) is 0 Å². The van der Waals surface area contributed by atoms with Crippen molar-refractivity contribution in [1.29, 1.82) is 0 Å². The predicted molar refractivity (Wildman–Crippen MR) is 44.9 cm³/mol. The Morgan fingerprint density at radius 1 is 1.36 bits per heavy atom. The number of H-pyrrole nitrogens is 1. The van der Waals surface area contributed by atoms with Crippen molar-refractivity contribution in [3.05, 3.63) is 28.9 Å². The summed E-state index contributed by atoms with van der Waals surface area (Å²) in [5.41, 5.74) is 5.90. The molecule has 0 spiro atoms. The molecule has 2 N–H and O–H groups in total. The van der Waals surface area contributed by atoms with E-state index in [9.17, 15) is 0 Å². The van der Waals surface area contributed by atoms with Crippen molar-refractivity contribution in [2.45, 2.75) is 13.8 Å². The van der Waals surface area contributed by atoms with E-state index in [0.717, 1.165) is 16.7 Å².